The van der Waals surface area contributed by atoms with Crippen LogP contribution in [0.2, 0.25) is 0 Å². The molecule has 4 heteroatoms. The van der Waals surface area contributed by atoms with Gasteiger partial charge in [-0.05, 0) is 19.8 Å². The van der Waals surface area contributed by atoms with Crippen LogP contribution < -0.4 is 4.74 Å². The van der Waals surface area contributed by atoms with Gasteiger partial charge < -0.3 is 14.6 Å². The molecule has 0 bridgehead atoms. The zero-order valence-electron chi connectivity index (χ0n) is 9.48. The first kappa shape index (κ1) is 11.4. The summed E-state index contributed by atoms with van der Waals surface area (Å²) < 4.78 is 11.1. The topological polar surface area (TPSA) is 51.6 Å². The Kier molecular flexibility index (Phi) is 3.74. The molecule has 0 spiro atoms. The van der Waals surface area contributed by atoms with Gasteiger partial charge in [0.1, 0.15) is 12.4 Å². The van der Waals surface area contributed by atoms with Crippen molar-refractivity contribution < 1.29 is 14.6 Å². The minimum absolute atomic E-state index is 0.0475. The van der Waals surface area contributed by atoms with Crippen molar-refractivity contribution in [3.8, 4) is 5.75 Å². The largest absolute Gasteiger partial charge is 0.490 e. The minimum Gasteiger partial charge on any atom is -0.490 e. The van der Waals surface area contributed by atoms with Crippen LogP contribution in [0.3, 0.4) is 0 Å². The van der Waals surface area contributed by atoms with Crippen LogP contribution in [-0.2, 0) is 11.3 Å². The number of aromatic nitrogens is 1. The molecule has 1 atom stereocenters. The van der Waals surface area contributed by atoms with Gasteiger partial charge in [-0.1, -0.05) is 0 Å². The molecule has 1 aliphatic rings. The fourth-order valence-corrected chi connectivity index (χ4v) is 1.77. The number of nitrogens with zero attached hydrogens (tertiary/aromatic N) is 1. The first-order valence-corrected chi connectivity index (χ1v) is 5.60. The molecule has 0 saturated carbocycles. The van der Waals surface area contributed by atoms with Crippen molar-refractivity contribution in [1.82, 2.24) is 4.98 Å². The van der Waals surface area contributed by atoms with Crippen molar-refractivity contribution in [3.05, 3.63) is 23.5 Å². The van der Waals surface area contributed by atoms with E-state index in [1.54, 1.807) is 6.20 Å². The molecule has 0 amide bonds. The molecule has 0 aromatic carbocycles. The summed E-state index contributed by atoms with van der Waals surface area (Å²) in [5.74, 6) is 0.713. The zero-order chi connectivity index (χ0) is 11.4. The number of aliphatic hydroxyl groups is 1. The Hall–Kier alpha value is -1.13. The summed E-state index contributed by atoms with van der Waals surface area (Å²) in [6.07, 6.45) is 4.01. The van der Waals surface area contributed by atoms with Gasteiger partial charge in [-0.15, -0.1) is 0 Å². The maximum absolute atomic E-state index is 9.15. The molecule has 4 nitrogen and oxygen atoms in total. The van der Waals surface area contributed by atoms with Crippen molar-refractivity contribution in [2.75, 3.05) is 13.2 Å². The minimum atomic E-state index is -0.0475. The van der Waals surface area contributed by atoms with Gasteiger partial charge in [0.15, 0.2) is 0 Å². The third-order valence-corrected chi connectivity index (χ3v) is 2.70. The standard InChI is InChI=1S/C12H17NO3/c1-9-5-12(10(7-14)6-13-9)16-8-11-3-2-4-15-11/h5-6,11,14H,2-4,7-8H2,1H3. The van der Waals surface area contributed by atoms with Gasteiger partial charge in [0.25, 0.3) is 0 Å². The molecule has 2 rings (SSSR count). The van der Waals surface area contributed by atoms with Crippen molar-refractivity contribution in [1.29, 1.82) is 0 Å². The second kappa shape index (κ2) is 5.27. The van der Waals surface area contributed by atoms with Gasteiger partial charge in [0, 0.05) is 30.1 Å². The van der Waals surface area contributed by atoms with Gasteiger partial charge in [-0.3, -0.25) is 4.98 Å². The van der Waals surface area contributed by atoms with E-state index in [9.17, 15) is 0 Å². The average molecular weight is 223 g/mol. The van der Waals surface area contributed by atoms with E-state index in [4.69, 9.17) is 14.6 Å². The lowest BCUT2D eigenvalue weighted by Crippen LogP contribution is -2.17. The fraction of sp³-hybridized carbons (Fsp3) is 0.583. The Morgan fingerprint density at radius 3 is 3.19 bits per heavy atom. The SMILES string of the molecule is Cc1cc(OCC2CCCO2)c(CO)cn1. The van der Waals surface area contributed by atoms with Crippen LogP contribution in [0.4, 0.5) is 0 Å². The van der Waals surface area contributed by atoms with E-state index >= 15 is 0 Å². The fourth-order valence-electron chi connectivity index (χ4n) is 1.77. The number of aryl methyl sites for hydroxylation is 1. The van der Waals surface area contributed by atoms with Crippen molar-refractivity contribution in [2.24, 2.45) is 0 Å². The predicted molar refractivity (Wildman–Crippen MR) is 59.4 cm³/mol. The molecular formula is C12H17NO3. The Bertz CT molecular complexity index is 348. The monoisotopic (exact) mass is 223 g/mol. The summed E-state index contributed by atoms with van der Waals surface area (Å²) in [5.41, 5.74) is 1.61. The molecule has 1 aromatic rings. The van der Waals surface area contributed by atoms with Gasteiger partial charge in [-0.25, -0.2) is 0 Å². The summed E-state index contributed by atoms with van der Waals surface area (Å²) in [6.45, 7) is 3.24. The van der Waals surface area contributed by atoms with E-state index in [1.165, 1.54) is 0 Å². The highest BCUT2D eigenvalue weighted by molar-refractivity contribution is 5.32. The molecule has 0 aliphatic carbocycles. The highest BCUT2D eigenvalue weighted by Gasteiger charge is 2.16. The number of pyridine rings is 1. The Morgan fingerprint density at radius 2 is 2.50 bits per heavy atom. The molecule has 0 radical (unpaired) electrons. The van der Waals surface area contributed by atoms with E-state index in [-0.39, 0.29) is 12.7 Å². The van der Waals surface area contributed by atoms with Gasteiger partial charge in [0.05, 0.1) is 12.7 Å². The van der Waals surface area contributed by atoms with Crippen molar-refractivity contribution in [3.63, 3.8) is 0 Å². The maximum atomic E-state index is 9.15. The van der Waals surface area contributed by atoms with Crippen LogP contribution in [0.5, 0.6) is 5.75 Å². The van der Waals surface area contributed by atoms with E-state index in [0.717, 1.165) is 30.7 Å². The molecule has 16 heavy (non-hydrogen) atoms. The van der Waals surface area contributed by atoms with Crippen LogP contribution >= 0.6 is 0 Å². The predicted octanol–water partition coefficient (Wildman–Crippen LogP) is 1.44. The van der Waals surface area contributed by atoms with Gasteiger partial charge in [0.2, 0.25) is 0 Å². The van der Waals surface area contributed by atoms with Crippen LogP contribution in [-0.4, -0.2) is 29.4 Å². The van der Waals surface area contributed by atoms with Crippen molar-refractivity contribution >= 4 is 0 Å². The van der Waals surface area contributed by atoms with Crippen LogP contribution in [0, 0.1) is 6.92 Å². The number of aliphatic hydroxyl groups excluding tert-OH is 1. The quantitative estimate of drug-likeness (QED) is 0.839. The molecule has 1 unspecified atom stereocenters. The second-order valence-corrected chi connectivity index (χ2v) is 4.04. The third kappa shape index (κ3) is 2.71. The van der Waals surface area contributed by atoms with E-state index in [0.29, 0.717) is 12.4 Å². The number of ether oxygens (including phenoxy) is 2. The summed E-state index contributed by atoms with van der Waals surface area (Å²) in [5, 5.41) is 9.15. The highest BCUT2D eigenvalue weighted by Crippen LogP contribution is 2.20. The first-order chi connectivity index (χ1) is 7.79. The normalized spacial score (nSPS) is 20.0. The highest BCUT2D eigenvalue weighted by atomic mass is 16.5. The summed E-state index contributed by atoms with van der Waals surface area (Å²) in [7, 11) is 0. The Labute approximate surface area is 95.2 Å². The van der Waals surface area contributed by atoms with Crippen molar-refractivity contribution in [2.45, 2.75) is 32.5 Å². The van der Waals surface area contributed by atoms with Gasteiger partial charge in [-0.2, -0.15) is 0 Å². The Morgan fingerprint density at radius 1 is 1.62 bits per heavy atom. The lowest BCUT2D eigenvalue weighted by atomic mass is 10.2. The number of hydrogen-bond acceptors (Lipinski definition) is 4. The third-order valence-electron chi connectivity index (χ3n) is 2.70. The molecule has 88 valence electrons. The van der Waals surface area contributed by atoms with Crippen LogP contribution in [0.15, 0.2) is 12.3 Å². The first-order valence-electron chi connectivity index (χ1n) is 5.60. The molecule has 1 saturated heterocycles. The summed E-state index contributed by atoms with van der Waals surface area (Å²) in [6, 6.07) is 1.85. The zero-order valence-corrected chi connectivity index (χ0v) is 9.48. The summed E-state index contributed by atoms with van der Waals surface area (Å²) >= 11 is 0. The lowest BCUT2D eigenvalue weighted by Gasteiger charge is -2.14. The number of hydrogen-bond donors (Lipinski definition) is 1. The van der Waals surface area contributed by atoms with Crippen LogP contribution in [0.1, 0.15) is 24.1 Å². The lowest BCUT2D eigenvalue weighted by molar-refractivity contribution is 0.0670. The second-order valence-electron chi connectivity index (χ2n) is 4.04. The molecule has 1 fully saturated rings. The molecular weight excluding hydrogens is 206 g/mol. The van der Waals surface area contributed by atoms with E-state index in [2.05, 4.69) is 4.98 Å². The molecule has 1 N–H and O–H groups in total. The van der Waals surface area contributed by atoms with E-state index in [1.807, 2.05) is 13.0 Å². The number of rotatable bonds is 4. The maximum Gasteiger partial charge on any atom is 0.128 e. The molecule has 2 heterocycles. The summed E-state index contributed by atoms with van der Waals surface area (Å²) in [4.78, 5) is 4.12. The van der Waals surface area contributed by atoms with E-state index < -0.39 is 0 Å². The molecule has 1 aliphatic heterocycles. The average Bonchev–Trinajstić information content (AvgIpc) is 2.79. The Balaban J connectivity index is 1.98. The smallest absolute Gasteiger partial charge is 0.128 e. The molecule has 1 aromatic heterocycles. The van der Waals surface area contributed by atoms with Gasteiger partial charge >= 0.3 is 0 Å². The van der Waals surface area contributed by atoms with Crippen LogP contribution in [0.25, 0.3) is 0 Å².